The van der Waals surface area contributed by atoms with E-state index in [0.717, 1.165) is 28.1 Å². The van der Waals surface area contributed by atoms with Crippen LogP contribution in [-0.2, 0) is 9.59 Å². The Balaban J connectivity index is 2.00. The number of unbranched alkanes of at least 4 members (excludes halogenated alkanes) is 1. The van der Waals surface area contributed by atoms with Gasteiger partial charge in [0.05, 0.1) is 11.4 Å². The number of anilines is 1. The average Bonchev–Trinajstić information content (AvgIpc) is 2.79. The molecule has 0 spiro atoms. The fourth-order valence-corrected chi connectivity index (χ4v) is 3.13. The molecule has 1 heterocycles. The van der Waals surface area contributed by atoms with Gasteiger partial charge in [-0.05, 0) is 31.5 Å². The van der Waals surface area contributed by atoms with Crippen LogP contribution in [-0.4, -0.2) is 35.8 Å². The number of hydrogen-bond acceptors (Lipinski definition) is 3. The van der Waals surface area contributed by atoms with E-state index < -0.39 is 12.0 Å². The van der Waals surface area contributed by atoms with Crippen molar-refractivity contribution in [2.75, 3.05) is 11.9 Å². The highest BCUT2D eigenvalue weighted by Crippen LogP contribution is 2.28. The molecule has 0 fully saturated rings. The monoisotopic (exact) mass is 374 g/mol. The van der Waals surface area contributed by atoms with Gasteiger partial charge in [0.25, 0.3) is 5.91 Å². The van der Waals surface area contributed by atoms with E-state index in [0.29, 0.717) is 12.8 Å². The number of nitrogens with zero attached hydrogens (tertiary/aromatic N) is 2. The van der Waals surface area contributed by atoms with Gasteiger partial charge < -0.3 is 10.0 Å². The van der Waals surface area contributed by atoms with Crippen LogP contribution < -0.4 is 4.90 Å². The first-order chi connectivity index (χ1) is 13.5. The van der Waals surface area contributed by atoms with E-state index in [9.17, 15) is 9.59 Å². The summed E-state index contributed by atoms with van der Waals surface area (Å²) < 4.78 is 0. The summed E-state index contributed by atoms with van der Waals surface area (Å²) in [6.07, 6.45) is 1.17. The maximum atomic E-state index is 12.6. The molecule has 1 aliphatic rings. The fraction of sp³-hybridized carbons (Fsp3) is 0.261. The number of benzene rings is 2. The molecule has 0 saturated heterocycles. The van der Waals surface area contributed by atoms with Crippen molar-refractivity contribution < 1.29 is 14.7 Å². The zero-order valence-electron chi connectivity index (χ0n) is 16.0. The van der Waals surface area contributed by atoms with Crippen molar-refractivity contribution in [1.82, 2.24) is 0 Å². The van der Waals surface area contributed by atoms with Crippen molar-refractivity contribution >= 4 is 23.3 Å². The van der Waals surface area contributed by atoms with Crippen LogP contribution in [0, 0.1) is 11.8 Å². The van der Waals surface area contributed by atoms with E-state index in [2.05, 4.69) is 11.8 Å². The molecule has 1 aliphatic heterocycles. The van der Waals surface area contributed by atoms with Crippen molar-refractivity contribution in [3.8, 4) is 11.8 Å². The lowest BCUT2D eigenvalue weighted by atomic mass is 9.98. The summed E-state index contributed by atoms with van der Waals surface area (Å²) in [5.41, 5.74) is 4.20. The quantitative estimate of drug-likeness (QED) is 0.658. The Hall–Kier alpha value is -3.39. The van der Waals surface area contributed by atoms with Crippen LogP contribution in [0.4, 0.5) is 5.69 Å². The first kappa shape index (κ1) is 19.4. The topological polar surface area (TPSA) is 70.0 Å². The van der Waals surface area contributed by atoms with Crippen LogP contribution >= 0.6 is 0 Å². The molecule has 3 rings (SSSR count). The molecule has 28 heavy (non-hydrogen) atoms. The predicted molar refractivity (Wildman–Crippen MR) is 110 cm³/mol. The lowest BCUT2D eigenvalue weighted by Crippen LogP contribution is -2.32. The van der Waals surface area contributed by atoms with E-state index in [4.69, 9.17) is 10.1 Å². The van der Waals surface area contributed by atoms with Crippen molar-refractivity contribution in [2.45, 2.75) is 32.2 Å². The third kappa shape index (κ3) is 4.29. The number of rotatable bonds is 4. The number of benzodiazepines with no additional fused rings is 1. The highest BCUT2D eigenvalue weighted by Gasteiger charge is 2.27. The van der Waals surface area contributed by atoms with Gasteiger partial charge >= 0.3 is 5.97 Å². The number of carbonyl (C=O) groups excluding carboxylic acids is 1. The molecule has 0 saturated carbocycles. The second-order valence-corrected chi connectivity index (χ2v) is 6.70. The van der Waals surface area contributed by atoms with Gasteiger partial charge in [0.1, 0.15) is 6.04 Å². The van der Waals surface area contributed by atoms with Crippen molar-refractivity contribution in [3.63, 3.8) is 0 Å². The van der Waals surface area contributed by atoms with Crippen molar-refractivity contribution in [3.05, 3.63) is 65.2 Å². The Bertz CT molecular complexity index is 984. The maximum Gasteiger partial charge on any atom is 0.303 e. The average molecular weight is 374 g/mol. The third-order valence-electron chi connectivity index (χ3n) is 4.60. The number of aliphatic imine (C=N–C) groups is 1. The lowest BCUT2D eigenvalue weighted by Gasteiger charge is -2.19. The SMILES string of the molecule is CC1N=C(c2ccccc2)c2cc(C#CCCCC(=O)O)ccc2N(C)C1=O. The van der Waals surface area contributed by atoms with Crippen LogP contribution in [0.25, 0.3) is 0 Å². The number of likely N-dealkylation sites (N-methyl/N-ethyl adjacent to an activating group) is 1. The largest absolute Gasteiger partial charge is 0.481 e. The Morgan fingerprint density at radius 2 is 1.96 bits per heavy atom. The minimum atomic E-state index is -0.808. The summed E-state index contributed by atoms with van der Waals surface area (Å²) in [6, 6.07) is 15.1. The van der Waals surface area contributed by atoms with E-state index in [1.165, 1.54) is 0 Å². The number of hydrogen-bond donors (Lipinski definition) is 1. The number of carboxylic acids is 1. The number of aliphatic carboxylic acids is 1. The molecular formula is C23H22N2O3. The summed E-state index contributed by atoms with van der Waals surface area (Å²) in [4.78, 5) is 29.5. The zero-order chi connectivity index (χ0) is 20.1. The smallest absolute Gasteiger partial charge is 0.303 e. The lowest BCUT2D eigenvalue weighted by molar-refractivity contribution is -0.137. The summed E-state index contributed by atoms with van der Waals surface area (Å²) in [5, 5.41) is 8.70. The van der Waals surface area contributed by atoms with Crippen LogP contribution in [0.1, 0.15) is 42.9 Å². The second-order valence-electron chi connectivity index (χ2n) is 6.70. The van der Waals surface area contributed by atoms with Gasteiger partial charge in [0.15, 0.2) is 0 Å². The Labute approximate surface area is 164 Å². The predicted octanol–water partition coefficient (Wildman–Crippen LogP) is 3.50. The molecule has 0 aliphatic carbocycles. The molecule has 1 atom stereocenters. The molecule has 1 N–H and O–H groups in total. The van der Waals surface area contributed by atoms with Crippen LogP contribution in [0.5, 0.6) is 0 Å². The van der Waals surface area contributed by atoms with Crippen LogP contribution in [0.3, 0.4) is 0 Å². The van der Waals surface area contributed by atoms with Crippen LogP contribution in [0.15, 0.2) is 53.5 Å². The summed E-state index contributed by atoms with van der Waals surface area (Å²) >= 11 is 0. The summed E-state index contributed by atoms with van der Waals surface area (Å²) in [5.74, 6) is 5.26. The van der Waals surface area contributed by atoms with E-state index >= 15 is 0 Å². The third-order valence-corrected chi connectivity index (χ3v) is 4.60. The van der Waals surface area contributed by atoms with Gasteiger partial charge in [-0.2, -0.15) is 0 Å². The van der Waals surface area contributed by atoms with Crippen LogP contribution in [0.2, 0.25) is 0 Å². The summed E-state index contributed by atoms with van der Waals surface area (Å²) in [7, 11) is 1.76. The van der Waals surface area contributed by atoms with Gasteiger partial charge in [0, 0.05) is 36.6 Å². The second kappa shape index (κ2) is 8.53. The fourth-order valence-electron chi connectivity index (χ4n) is 3.13. The van der Waals surface area contributed by atoms with Crippen molar-refractivity contribution in [1.29, 1.82) is 0 Å². The van der Waals surface area contributed by atoms with Crippen molar-refractivity contribution in [2.24, 2.45) is 4.99 Å². The van der Waals surface area contributed by atoms with Gasteiger partial charge in [-0.3, -0.25) is 14.6 Å². The Morgan fingerprint density at radius 3 is 2.68 bits per heavy atom. The maximum absolute atomic E-state index is 12.6. The Morgan fingerprint density at radius 1 is 1.21 bits per heavy atom. The number of carboxylic acid groups (broad SMARTS) is 1. The number of amides is 1. The molecule has 0 radical (unpaired) electrons. The molecular weight excluding hydrogens is 352 g/mol. The molecule has 1 amide bonds. The minimum absolute atomic E-state index is 0.0558. The minimum Gasteiger partial charge on any atom is -0.481 e. The van der Waals surface area contributed by atoms with Gasteiger partial charge in [-0.1, -0.05) is 42.2 Å². The molecule has 5 heteroatoms. The first-order valence-electron chi connectivity index (χ1n) is 9.23. The van der Waals surface area contributed by atoms with Gasteiger partial charge in [0.2, 0.25) is 0 Å². The van der Waals surface area contributed by atoms with Gasteiger partial charge in [-0.25, -0.2) is 0 Å². The first-order valence-corrected chi connectivity index (χ1v) is 9.23. The van der Waals surface area contributed by atoms with E-state index in [-0.39, 0.29) is 12.3 Å². The van der Waals surface area contributed by atoms with E-state index in [1.54, 1.807) is 18.9 Å². The number of carbonyl (C=O) groups is 2. The summed E-state index contributed by atoms with van der Waals surface area (Å²) in [6.45, 7) is 1.80. The normalized spacial score (nSPS) is 15.8. The van der Waals surface area contributed by atoms with Gasteiger partial charge in [-0.15, -0.1) is 0 Å². The molecule has 142 valence electrons. The zero-order valence-corrected chi connectivity index (χ0v) is 16.0. The standard InChI is InChI=1S/C23H22N2O3/c1-16-23(28)25(2)20-14-13-17(9-5-3-8-12-21(26)27)15-19(20)22(24-16)18-10-6-4-7-11-18/h4,6-7,10-11,13-16H,3,8,12H2,1-2H3,(H,26,27). The highest BCUT2D eigenvalue weighted by molar-refractivity contribution is 6.20. The molecule has 1 unspecified atom stereocenters. The molecule has 2 aromatic rings. The molecule has 0 aromatic heterocycles. The number of fused-ring (bicyclic) bond motifs is 1. The molecule has 5 nitrogen and oxygen atoms in total. The highest BCUT2D eigenvalue weighted by atomic mass is 16.4. The Kier molecular flexibility index (Phi) is 5.90. The molecule has 0 bridgehead atoms. The van der Waals surface area contributed by atoms with E-state index in [1.807, 2.05) is 48.5 Å². The molecule has 2 aromatic carbocycles.